The lowest BCUT2D eigenvalue weighted by Gasteiger charge is -2.48. The minimum absolute atomic E-state index is 0.0564. The molecule has 262 valence electrons. The Bertz CT molecular complexity index is 1920. The third-order valence-corrected chi connectivity index (χ3v) is 14.9. The first-order valence-electron chi connectivity index (χ1n) is 18.5. The van der Waals surface area contributed by atoms with Crippen LogP contribution in [0.2, 0.25) is 0 Å². The lowest BCUT2D eigenvalue weighted by molar-refractivity contribution is -1.12. The number of carbonyl (C=O) groups is 2. The lowest BCUT2D eigenvalue weighted by atomic mass is 9.75. The fourth-order valence-corrected chi connectivity index (χ4v) is 10.8. The molecule has 1 saturated carbocycles. The number of hydroxylamine groups is 3. The van der Waals surface area contributed by atoms with E-state index in [2.05, 4.69) is 57.7 Å². The third kappa shape index (κ3) is 5.18. The number of hydrogen-bond acceptors (Lipinski definition) is 5. The Morgan fingerprint density at radius 3 is 2.53 bits per heavy atom. The zero-order valence-corrected chi connectivity index (χ0v) is 30.3. The van der Waals surface area contributed by atoms with Crippen molar-refractivity contribution in [3.8, 4) is 0 Å². The smallest absolute Gasteiger partial charge is 0.265 e. The van der Waals surface area contributed by atoms with Gasteiger partial charge in [0.2, 0.25) is 15.9 Å². The molecule has 2 aromatic rings. The van der Waals surface area contributed by atoms with Crippen LogP contribution < -0.4 is 4.72 Å². The minimum Gasteiger partial charge on any atom is -0.342 e. The Hall–Kier alpha value is -3.21. The number of aromatic nitrogens is 1. The molecule has 8 rings (SSSR count). The standard InChI is InChI=1S/C39H50N4O5S/c1-25(2)49(46,47)40-37(44)35-31-24-42-32(23-27-13-8-14-28(36(27)42)26-11-6-5-7-12-26)33-29(34(31)35)15-9-16-30(33)38(45)41-20-18-39(19-21-41)17-10-22-43(39,3)48-4/h8-9,13-15,23,25-26,30,33H,5-7,10-12,16-22,24H2,1-4H3/p+1/t30-,33?,43?/m1/s1. The normalized spacial score (nSPS) is 28.1. The van der Waals surface area contributed by atoms with Gasteiger partial charge in [0.1, 0.15) is 12.1 Å². The summed E-state index contributed by atoms with van der Waals surface area (Å²) in [5.74, 6) is -0.440. The second-order valence-electron chi connectivity index (χ2n) is 15.9. The van der Waals surface area contributed by atoms with Crippen molar-refractivity contribution in [2.75, 3.05) is 33.8 Å². The van der Waals surface area contributed by atoms with Gasteiger partial charge in [-0.25, -0.2) is 18.0 Å². The highest BCUT2D eigenvalue weighted by Gasteiger charge is 2.56. The molecule has 6 aliphatic rings. The molecule has 0 bridgehead atoms. The Morgan fingerprint density at radius 2 is 1.82 bits per heavy atom. The quantitative estimate of drug-likeness (QED) is 0.377. The topological polar surface area (TPSA) is 97.7 Å². The van der Waals surface area contributed by atoms with Gasteiger partial charge in [-0.1, -0.05) is 49.6 Å². The van der Waals surface area contributed by atoms with Crippen molar-refractivity contribution < 1.29 is 27.5 Å². The Labute approximate surface area is 290 Å². The van der Waals surface area contributed by atoms with Crippen LogP contribution in [0, 0.1) is 5.92 Å². The molecule has 10 heteroatoms. The highest BCUT2D eigenvalue weighted by Crippen LogP contribution is 2.55. The number of benzene rings is 1. The van der Waals surface area contributed by atoms with E-state index < -0.39 is 21.2 Å². The minimum atomic E-state index is -3.80. The van der Waals surface area contributed by atoms with Crippen LogP contribution in [0.1, 0.15) is 101 Å². The predicted octanol–water partition coefficient (Wildman–Crippen LogP) is 5.99. The number of rotatable bonds is 6. The average Bonchev–Trinajstić information content (AvgIpc) is 3.62. The van der Waals surface area contributed by atoms with Gasteiger partial charge in [-0.3, -0.25) is 9.59 Å². The molecule has 9 nitrogen and oxygen atoms in total. The zero-order valence-electron chi connectivity index (χ0n) is 29.5. The summed E-state index contributed by atoms with van der Waals surface area (Å²) in [6, 6.07) is 8.93. The van der Waals surface area contributed by atoms with Gasteiger partial charge in [0.25, 0.3) is 5.91 Å². The van der Waals surface area contributed by atoms with E-state index >= 15 is 0 Å². The monoisotopic (exact) mass is 687 g/mol. The summed E-state index contributed by atoms with van der Waals surface area (Å²) in [4.78, 5) is 36.5. The molecule has 1 spiro atoms. The van der Waals surface area contributed by atoms with Gasteiger partial charge in [-0.05, 0) is 67.4 Å². The lowest BCUT2D eigenvalue weighted by Crippen LogP contribution is -2.62. The number of nitrogens with one attached hydrogen (secondary N) is 1. The maximum absolute atomic E-state index is 14.7. The molecule has 2 amide bonds. The van der Waals surface area contributed by atoms with Gasteiger partial charge in [-0.15, -0.1) is 0 Å². The number of para-hydroxylation sites is 1. The molecule has 4 heterocycles. The van der Waals surface area contributed by atoms with E-state index in [1.54, 1.807) is 13.8 Å². The molecule has 1 N–H and O–H groups in total. The van der Waals surface area contributed by atoms with Gasteiger partial charge in [0, 0.05) is 62.3 Å². The van der Waals surface area contributed by atoms with Crippen molar-refractivity contribution >= 4 is 32.7 Å². The van der Waals surface area contributed by atoms with Crippen LogP contribution in [-0.4, -0.2) is 78.9 Å². The second-order valence-corrected chi connectivity index (χ2v) is 18.1. The van der Waals surface area contributed by atoms with Crippen LogP contribution in [-0.2, 0) is 31.0 Å². The molecule has 2 saturated heterocycles. The van der Waals surface area contributed by atoms with Gasteiger partial charge in [0.05, 0.1) is 36.4 Å². The number of hydrogen-bond donors (Lipinski definition) is 1. The summed E-state index contributed by atoms with van der Waals surface area (Å²) in [6.07, 6.45) is 15.0. The number of piperidine rings is 1. The number of sulfonamides is 1. The van der Waals surface area contributed by atoms with Crippen LogP contribution in [0.4, 0.5) is 0 Å². The van der Waals surface area contributed by atoms with E-state index in [1.165, 1.54) is 48.6 Å². The first kappa shape index (κ1) is 33.0. The van der Waals surface area contributed by atoms with Crippen LogP contribution >= 0.6 is 0 Å². The van der Waals surface area contributed by atoms with Crippen LogP contribution in [0.15, 0.2) is 58.7 Å². The molecular weight excluding hydrogens is 637 g/mol. The van der Waals surface area contributed by atoms with Crippen molar-refractivity contribution in [1.29, 1.82) is 0 Å². The highest BCUT2D eigenvalue weighted by atomic mass is 32.2. The van der Waals surface area contributed by atoms with Crippen molar-refractivity contribution in [2.24, 2.45) is 5.92 Å². The number of quaternary nitrogens is 1. The molecule has 3 atom stereocenters. The molecule has 1 aromatic heterocycles. The van der Waals surface area contributed by atoms with Gasteiger partial charge in [-0.2, -0.15) is 4.65 Å². The molecule has 2 unspecified atom stereocenters. The summed E-state index contributed by atoms with van der Waals surface area (Å²) < 4.78 is 31.0. The fourth-order valence-electron chi connectivity index (χ4n) is 10.2. The van der Waals surface area contributed by atoms with Crippen molar-refractivity contribution in [3.05, 3.63) is 70.0 Å². The van der Waals surface area contributed by atoms with Crippen molar-refractivity contribution in [2.45, 2.75) is 107 Å². The summed E-state index contributed by atoms with van der Waals surface area (Å²) in [5, 5.41) is 0.452. The molecule has 1 aromatic carbocycles. The zero-order chi connectivity index (χ0) is 34.3. The highest BCUT2D eigenvalue weighted by molar-refractivity contribution is 7.90. The number of allylic oxidation sites excluding steroid dienone is 4. The van der Waals surface area contributed by atoms with E-state index in [1.807, 2.05) is 7.11 Å². The number of likely N-dealkylation sites (tertiary alicyclic amines) is 2. The van der Waals surface area contributed by atoms with Gasteiger partial charge < -0.3 is 9.47 Å². The van der Waals surface area contributed by atoms with Gasteiger partial charge in [0.15, 0.2) is 0 Å². The molecular formula is C39H51N4O5S+. The number of fused-ring (bicyclic) bond motifs is 6. The van der Waals surface area contributed by atoms with E-state index in [-0.39, 0.29) is 23.3 Å². The number of carbonyl (C=O) groups excluding carboxylic acids is 2. The van der Waals surface area contributed by atoms with Crippen LogP contribution in [0.25, 0.3) is 10.9 Å². The van der Waals surface area contributed by atoms with Gasteiger partial charge >= 0.3 is 0 Å². The second kappa shape index (κ2) is 11.9. The average molecular weight is 688 g/mol. The maximum atomic E-state index is 14.7. The number of nitrogens with zero attached hydrogens (tertiary/aromatic N) is 3. The van der Waals surface area contributed by atoms with E-state index in [0.29, 0.717) is 42.2 Å². The molecule has 3 aliphatic carbocycles. The Morgan fingerprint density at radius 1 is 1.06 bits per heavy atom. The predicted molar refractivity (Wildman–Crippen MR) is 190 cm³/mol. The largest absolute Gasteiger partial charge is 0.342 e. The van der Waals surface area contributed by atoms with E-state index in [4.69, 9.17) is 4.84 Å². The number of amides is 2. The molecule has 3 fully saturated rings. The SMILES string of the molecule is CO[N+]1(C)CCCC12CCN(C(=O)[C@@H]1CC=CC3=C4C(=C4C(=O)NS(=O)(=O)C(C)C)Cn4c(cc5cccc(C6CCCCC6)c54)C31)CC2. The third-order valence-electron chi connectivity index (χ3n) is 13.2. The molecule has 0 radical (unpaired) electrons. The van der Waals surface area contributed by atoms with Crippen LogP contribution in [0.5, 0.6) is 0 Å². The van der Waals surface area contributed by atoms with E-state index in [0.717, 1.165) is 54.6 Å². The summed E-state index contributed by atoms with van der Waals surface area (Å²) in [5.41, 5.74) is 6.93. The maximum Gasteiger partial charge on any atom is 0.265 e. The first-order chi connectivity index (χ1) is 23.5. The van der Waals surface area contributed by atoms with Crippen molar-refractivity contribution in [1.82, 2.24) is 14.2 Å². The molecule has 3 aliphatic heterocycles. The fraction of sp³-hybridized carbons (Fsp3) is 0.590. The first-order valence-corrected chi connectivity index (χ1v) is 20.1. The van der Waals surface area contributed by atoms with E-state index in [9.17, 15) is 18.0 Å². The summed E-state index contributed by atoms with van der Waals surface area (Å²) in [6.45, 7) is 6.09. The van der Waals surface area contributed by atoms with Crippen LogP contribution in [0.3, 0.4) is 0 Å². The Kier molecular flexibility index (Phi) is 8.04. The Balaban J connectivity index is 1.20. The summed E-state index contributed by atoms with van der Waals surface area (Å²) in [7, 11) is 0.207. The summed E-state index contributed by atoms with van der Waals surface area (Å²) >= 11 is 0. The van der Waals surface area contributed by atoms with Crippen molar-refractivity contribution in [3.63, 3.8) is 0 Å². The molecule has 49 heavy (non-hydrogen) atoms.